The van der Waals surface area contributed by atoms with Crippen molar-refractivity contribution < 1.29 is 52.0 Å². The Labute approximate surface area is 375 Å². The van der Waals surface area contributed by atoms with E-state index in [0.717, 1.165) is 52.7 Å². The molecule has 1 unspecified atom stereocenters. The molecule has 5 aromatic rings. The van der Waals surface area contributed by atoms with Crippen molar-refractivity contribution in [3.63, 3.8) is 0 Å². The van der Waals surface area contributed by atoms with Gasteiger partial charge < -0.3 is 44.6 Å². The molecule has 4 heterocycles. The van der Waals surface area contributed by atoms with Gasteiger partial charge in [-0.3, -0.25) is 19.2 Å². The number of halogens is 2. The molecule has 1 atom stereocenters. The summed E-state index contributed by atoms with van der Waals surface area (Å²) in [7, 11) is 0. The Balaban J connectivity index is 0.000000165. The third-order valence-electron chi connectivity index (χ3n) is 12.8. The van der Waals surface area contributed by atoms with Gasteiger partial charge in [-0.2, -0.15) is 0 Å². The lowest BCUT2D eigenvalue weighted by molar-refractivity contribution is -0.122. The molecule has 2 aliphatic carbocycles. The van der Waals surface area contributed by atoms with E-state index in [1.807, 2.05) is 47.0 Å². The minimum absolute atomic E-state index is 0.0367. The van der Waals surface area contributed by atoms with E-state index in [9.17, 15) is 19.1 Å². The highest BCUT2D eigenvalue weighted by Gasteiger charge is 2.53. The molecule has 2 fully saturated rings. The van der Waals surface area contributed by atoms with Crippen molar-refractivity contribution in [3.05, 3.63) is 101 Å². The van der Waals surface area contributed by atoms with Crippen LogP contribution in [0.3, 0.4) is 0 Å². The molecule has 2 amide bonds. The van der Waals surface area contributed by atoms with Crippen molar-refractivity contribution in [2.45, 2.75) is 102 Å². The van der Waals surface area contributed by atoms with Gasteiger partial charge in [0.2, 0.25) is 25.4 Å². The van der Waals surface area contributed by atoms with Crippen molar-refractivity contribution in [3.8, 4) is 23.0 Å². The maximum atomic E-state index is 15.1. The van der Waals surface area contributed by atoms with Crippen LogP contribution in [-0.2, 0) is 48.4 Å². The minimum atomic E-state index is -0.679. The zero-order valence-electron chi connectivity index (χ0n) is 37.4. The number of carbonyl (C=O) groups excluding carboxylic acids is 4. The average Bonchev–Trinajstić information content (AvgIpc) is 4.01. The molecule has 1 aromatic heterocycles. The van der Waals surface area contributed by atoms with Crippen LogP contribution >= 0.6 is 0 Å². The second-order valence-electron chi connectivity index (χ2n) is 19.3. The summed E-state index contributed by atoms with van der Waals surface area (Å²) in [5.41, 5.74) is 4.29. The molecule has 0 radical (unpaired) electrons. The number of hydrogen-bond acceptors (Lipinski definition) is 10. The fourth-order valence-corrected chi connectivity index (χ4v) is 8.76. The number of benzene rings is 4. The van der Waals surface area contributed by atoms with Crippen LogP contribution in [0, 0.1) is 17.0 Å². The Hall–Kier alpha value is -6.48. The standard InChI is InChI=1S/C25H27FN2O4.C23H25FN2O3.C2H2O2/c1-24(2,3)22-11-15-10-18(17(26)13-19(15)28(22)8-9-29)27-23(30)25(6-7-25)16-4-5-20-21(12-16)32-14-31-20;1-22(2,3)20-9-13-8-17(15(24)11-16(13)25-20)26-21(27)23(6-7-23)14-4-5-18-19(10-14)29-12-28-18;3-1-2-4/h4-5,10-13,29H,6-9,14H2,1-3H3,(H,27,30);4-5,8,10-11,20,25H,6-7,9,12H2,1-3H3,(H,26,27);1-2H. The first-order valence-corrected chi connectivity index (χ1v) is 21.8. The number of hydrogen-bond donors (Lipinski definition) is 4. The van der Waals surface area contributed by atoms with E-state index in [0.29, 0.717) is 47.9 Å². The van der Waals surface area contributed by atoms with Crippen molar-refractivity contribution >= 4 is 52.4 Å². The van der Waals surface area contributed by atoms with E-state index in [4.69, 9.17) is 28.5 Å². The summed E-state index contributed by atoms with van der Waals surface area (Å²) in [5, 5.41) is 19.4. The van der Waals surface area contributed by atoms with Gasteiger partial charge in [-0.05, 0) is 103 Å². The van der Waals surface area contributed by atoms with Gasteiger partial charge in [0, 0.05) is 40.8 Å². The first-order chi connectivity index (χ1) is 30.9. The maximum absolute atomic E-state index is 15.1. The van der Waals surface area contributed by atoms with Gasteiger partial charge in [0.1, 0.15) is 11.6 Å². The number of amides is 2. The molecular formula is C50H54F2N4O9. The van der Waals surface area contributed by atoms with E-state index >= 15 is 4.39 Å². The average molecular weight is 893 g/mol. The first-order valence-electron chi connectivity index (χ1n) is 21.8. The number of aliphatic hydroxyl groups is 1. The van der Waals surface area contributed by atoms with Crippen molar-refractivity contribution in [2.75, 3.05) is 36.1 Å². The Morgan fingerprint density at radius 2 is 1.25 bits per heavy atom. The molecule has 0 saturated heterocycles. The second kappa shape index (κ2) is 17.1. The third-order valence-corrected chi connectivity index (χ3v) is 12.8. The van der Waals surface area contributed by atoms with Crippen LogP contribution in [0.25, 0.3) is 10.9 Å². The number of ether oxygens (including phenoxy) is 4. The van der Waals surface area contributed by atoms with Gasteiger partial charge in [-0.25, -0.2) is 8.78 Å². The van der Waals surface area contributed by atoms with Crippen molar-refractivity contribution in [2.24, 2.45) is 5.41 Å². The molecule has 4 N–H and O–H groups in total. The van der Waals surface area contributed by atoms with Gasteiger partial charge in [-0.15, -0.1) is 0 Å². The zero-order chi connectivity index (χ0) is 46.5. The Morgan fingerprint density at radius 1 is 0.738 bits per heavy atom. The summed E-state index contributed by atoms with van der Waals surface area (Å²) >= 11 is 0. The minimum Gasteiger partial charge on any atom is -0.454 e. The first kappa shape index (κ1) is 45.1. The number of aliphatic hydroxyl groups excluding tert-OH is 1. The fraction of sp³-hybridized carbons (Fsp3) is 0.400. The number of aldehydes is 2. The lowest BCUT2D eigenvalue weighted by Gasteiger charge is -2.27. The molecule has 15 heteroatoms. The van der Waals surface area contributed by atoms with Crippen LogP contribution in [-0.4, -0.2) is 60.3 Å². The number of nitrogens with zero attached hydrogens (tertiary/aromatic N) is 1. The van der Waals surface area contributed by atoms with Crippen LogP contribution in [0.15, 0.2) is 66.7 Å². The number of carbonyl (C=O) groups is 4. The smallest absolute Gasteiger partial charge is 0.235 e. The Morgan fingerprint density at radius 3 is 1.72 bits per heavy atom. The van der Waals surface area contributed by atoms with E-state index in [-0.39, 0.29) is 72.8 Å². The summed E-state index contributed by atoms with van der Waals surface area (Å²) in [5.74, 6) is 1.34. The molecule has 0 spiro atoms. The third kappa shape index (κ3) is 8.85. The Bertz CT molecular complexity index is 2690. The normalized spacial score (nSPS) is 17.6. The van der Waals surface area contributed by atoms with Crippen LogP contribution in [0.4, 0.5) is 25.8 Å². The van der Waals surface area contributed by atoms with Gasteiger partial charge in [-0.1, -0.05) is 53.7 Å². The number of rotatable bonds is 9. The van der Waals surface area contributed by atoms with Crippen LogP contribution < -0.4 is 34.9 Å². The number of aromatic nitrogens is 1. The lowest BCUT2D eigenvalue weighted by atomic mass is 9.85. The SMILES string of the molecule is CC(C)(C)C1Cc2cc(NC(=O)C3(c4ccc5c(c4)OCO5)CC3)c(F)cc2N1.CC(C)(C)c1cc2cc(NC(=O)C3(c4ccc5c(c4)OCO5)CC3)c(F)cc2n1CCO.O=CC=O. The number of anilines is 3. The van der Waals surface area contributed by atoms with Gasteiger partial charge in [0.05, 0.1) is 34.3 Å². The molecule has 4 aromatic carbocycles. The van der Waals surface area contributed by atoms with E-state index in [2.05, 4.69) is 57.5 Å². The van der Waals surface area contributed by atoms with Gasteiger partial charge in [0.25, 0.3) is 0 Å². The largest absolute Gasteiger partial charge is 0.454 e. The highest BCUT2D eigenvalue weighted by Crippen LogP contribution is 2.53. The number of fused-ring (bicyclic) bond motifs is 4. The topological polar surface area (TPSA) is 166 Å². The van der Waals surface area contributed by atoms with Gasteiger partial charge >= 0.3 is 0 Å². The highest BCUT2D eigenvalue weighted by molar-refractivity contribution is 6.09. The zero-order valence-corrected chi connectivity index (χ0v) is 37.4. The maximum Gasteiger partial charge on any atom is 0.235 e. The van der Waals surface area contributed by atoms with E-state index in [1.54, 1.807) is 12.1 Å². The predicted octanol–water partition coefficient (Wildman–Crippen LogP) is 8.46. The fourth-order valence-electron chi connectivity index (χ4n) is 8.76. The molecule has 5 aliphatic rings. The second-order valence-corrected chi connectivity index (χ2v) is 19.3. The summed E-state index contributed by atoms with van der Waals surface area (Å²) in [6.07, 6.45) is 4.07. The summed E-state index contributed by atoms with van der Waals surface area (Å²) in [4.78, 5) is 44.0. The summed E-state index contributed by atoms with van der Waals surface area (Å²) < 4.78 is 53.4. The van der Waals surface area contributed by atoms with Gasteiger partial charge in [0.15, 0.2) is 35.6 Å². The summed E-state index contributed by atoms with van der Waals surface area (Å²) in [6.45, 7) is 13.5. The monoisotopic (exact) mass is 892 g/mol. The molecule has 342 valence electrons. The lowest BCUT2D eigenvalue weighted by Crippen LogP contribution is -2.31. The van der Waals surface area contributed by atoms with Crippen LogP contribution in [0.1, 0.15) is 89.6 Å². The van der Waals surface area contributed by atoms with Crippen LogP contribution in [0.2, 0.25) is 0 Å². The van der Waals surface area contributed by atoms with Crippen LogP contribution in [0.5, 0.6) is 23.0 Å². The molecule has 13 nitrogen and oxygen atoms in total. The molecule has 3 aliphatic heterocycles. The molecule has 2 saturated carbocycles. The molecule has 0 bridgehead atoms. The highest BCUT2D eigenvalue weighted by atomic mass is 19.1. The molecular weight excluding hydrogens is 839 g/mol. The van der Waals surface area contributed by atoms with E-state index in [1.165, 1.54) is 12.1 Å². The van der Waals surface area contributed by atoms with Crippen molar-refractivity contribution in [1.29, 1.82) is 0 Å². The quantitative estimate of drug-likeness (QED) is 0.0833. The Kier molecular flexibility index (Phi) is 11.9. The number of nitrogens with one attached hydrogen (secondary N) is 3. The predicted molar refractivity (Wildman–Crippen MR) is 241 cm³/mol. The summed E-state index contributed by atoms with van der Waals surface area (Å²) in [6, 6.07) is 19.8. The van der Waals surface area contributed by atoms with E-state index < -0.39 is 22.5 Å². The molecule has 10 rings (SSSR count). The van der Waals surface area contributed by atoms with Crippen molar-refractivity contribution in [1.82, 2.24) is 4.57 Å². The molecule has 65 heavy (non-hydrogen) atoms.